The number of hydrogen-bond donors (Lipinski definition) is 1. The predicted octanol–water partition coefficient (Wildman–Crippen LogP) is 2.95. The molecule has 0 saturated heterocycles. The first-order valence-electron chi connectivity index (χ1n) is 9.17. The minimum atomic E-state index is -0.0470. The molecule has 0 spiro atoms. The van der Waals surface area contributed by atoms with Crippen molar-refractivity contribution in [1.29, 1.82) is 0 Å². The summed E-state index contributed by atoms with van der Waals surface area (Å²) in [4.78, 5) is 17.5. The smallest absolute Gasteiger partial charge is 0.252 e. The molecule has 6 nitrogen and oxygen atoms in total. The first-order chi connectivity index (χ1) is 12.0. The molecule has 2 aromatic heterocycles. The van der Waals surface area contributed by atoms with E-state index in [-0.39, 0.29) is 5.91 Å². The van der Waals surface area contributed by atoms with Crippen LogP contribution < -0.4 is 5.32 Å². The number of nitrogens with zero attached hydrogens (tertiary/aromatic N) is 3. The summed E-state index contributed by atoms with van der Waals surface area (Å²) in [5.41, 5.74) is 3.35. The minimum Gasteiger partial charge on any atom is -0.381 e. The van der Waals surface area contributed by atoms with Gasteiger partial charge in [0.25, 0.3) is 5.91 Å². The van der Waals surface area contributed by atoms with Crippen molar-refractivity contribution in [1.82, 2.24) is 20.1 Å². The number of carbonyl (C=O) groups is 1. The maximum atomic E-state index is 12.7. The molecule has 0 unspecified atom stereocenters. The van der Waals surface area contributed by atoms with Gasteiger partial charge in [0.2, 0.25) is 0 Å². The zero-order chi connectivity index (χ0) is 18.0. The zero-order valence-corrected chi connectivity index (χ0v) is 15.6. The molecule has 136 valence electrons. The average Bonchev–Trinajstić information content (AvgIpc) is 3.37. The molecule has 1 saturated carbocycles. The molecule has 1 fully saturated rings. The number of fused-ring (bicyclic) bond motifs is 1. The Bertz CT molecular complexity index is 762. The summed E-state index contributed by atoms with van der Waals surface area (Å²) in [7, 11) is 1.88. The van der Waals surface area contributed by atoms with E-state index in [4.69, 9.17) is 9.72 Å². The molecular formula is C19H28N4O2. The third-order valence-corrected chi connectivity index (χ3v) is 4.43. The zero-order valence-electron chi connectivity index (χ0n) is 15.6. The van der Waals surface area contributed by atoms with Gasteiger partial charge in [-0.05, 0) is 38.2 Å². The number of hydrogen-bond acceptors (Lipinski definition) is 4. The van der Waals surface area contributed by atoms with Crippen LogP contribution in [0.15, 0.2) is 6.07 Å². The summed E-state index contributed by atoms with van der Waals surface area (Å²) in [6, 6.07) is 1.96. The highest BCUT2D eigenvalue weighted by molar-refractivity contribution is 6.06. The fourth-order valence-corrected chi connectivity index (χ4v) is 3.02. The molecule has 0 atom stereocenters. The van der Waals surface area contributed by atoms with Gasteiger partial charge in [-0.2, -0.15) is 5.10 Å². The van der Waals surface area contributed by atoms with Crippen molar-refractivity contribution < 1.29 is 9.53 Å². The van der Waals surface area contributed by atoms with Gasteiger partial charge in [0.1, 0.15) is 0 Å². The van der Waals surface area contributed by atoms with Crippen molar-refractivity contribution in [2.75, 3.05) is 19.8 Å². The van der Waals surface area contributed by atoms with Gasteiger partial charge in [0.15, 0.2) is 5.65 Å². The number of amides is 1. The summed E-state index contributed by atoms with van der Waals surface area (Å²) in [6.07, 6.45) is 3.13. The normalized spacial score (nSPS) is 14.4. The number of ether oxygens (including phenoxy) is 1. The maximum absolute atomic E-state index is 12.7. The van der Waals surface area contributed by atoms with Crippen molar-refractivity contribution in [3.8, 4) is 0 Å². The maximum Gasteiger partial charge on any atom is 0.252 e. The van der Waals surface area contributed by atoms with Gasteiger partial charge in [0.05, 0.1) is 16.6 Å². The van der Waals surface area contributed by atoms with Gasteiger partial charge >= 0.3 is 0 Å². The number of pyridine rings is 1. The van der Waals surface area contributed by atoms with Crippen LogP contribution in [0.4, 0.5) is 0 Å². The number of carbonyl (C=O) groups excluding carboxylic acids is 1. The second kappa shape index (κ2) is 7.52. The molecule has 1 aliphatic rings. The Morgan fingerprint density at radius 2 is 2.20 bits per heavy atom. The highest BCUT2D eigenvalue weighted by Crippen LogP contribution is 2.40. The Balaban J connectivity index is 1.70. The Labute approximate surface area is 149 Å². The van der Waals surface area contributed by atoms with Crippen LogP contribution in [0.3, 0.4) is 0 Å². The van der Waals surface area contributed by atoms with Gasteiger partial charge in [-0.15, -0.1) is 0 Å². The van der Waals surface area contributed by atoms with Gasteiger partial charge in [0, 0.05) is 38.4 Å². The second-order valence-corrected chi connectivity index (χ2v) is 7.35. The lowest BCUT2D eigenvalue weighted by Gasteiger charge is -2.10. The molecular weight excluding hydrogens is 316 g/mol. The fraction of sp³-hybridized carbons (Fsp3) is 0.632. The highest BCUT2D eigenvalue weighted by atomic mass is 16.5. The summed E-state index contributed by atoms with van der Waals surface area (Å²) in [5.74, 6) is 0.985. The monoisotopic (exact) mass is 344 g/mol. The van der Waals surface area contributed by atoms with Crippen LogP contribution in [-0.4, -0.2) is 40.4 Å². The third kappa shape index (κ3) is 4.18. The van der Waals surface area contributed by atoms with Crippen molar-refractivity contribution in [3.05, 3.63) is 23.0 Å². The second-order valence-electron chi connectivity index (χ2n) is 7.35. The molecule has 25 heavy (non-hydrogen) atoms. The average molecular weight is 344 g/mol. The minimum absolute atomic E-state index is 0.0470. The quantitative estimate of drug-likeness (QED) is 0.748. The van der Waals surface area contributed by atoms with E-state index in [0.717, 1.165) is 48.3 Å². The van der Waals surface area contributed by atoms with Crippen LogP contribution >= 0.6 is 0 Å². The lowest BCUT2D eigenvalue weighted by Crippen LogP contribution is -2.26. The van der Waals surface area contributed by atoms with E-state index in [1.54, 1.807) is 4.68 Å². The number of aryl methyl sites for hydroxylation is 2. The van der Waals surface area contributed by atoms with Gasteiger partial charge in [-0.3, -0.25) is 9.48 Å². The highest BCUT2D eigenvalue weighted by Gasteiger charge is 2.28. The van der Waals surface area contributed by atoms with E-state index in [1.165, 1.54) is 0 Å². The fourth-order valence-electron chi connectivity index (χ4n) is 3.02. The Hall–Kier alpha value is -1.95. The van der Waals surface area contributed by atoms with Crippen LogP contribution in [0.25, 0.3) is 11.0 Å². The topological polar surface area (TPSA) is 69.0 Å². The summed E-state index contributed by atoms with van der Waals surface area (Å²) in [6.45, 7) is 8.23. The van der Waals surface area contributed by atoms with E-state index < -0.39 is 0 Å². The molecule has 0 aromatic carbocycles. The molecule has 1 N–H and O–H groups in total. The van der Waals surface area contributed by atoms with E-state index in [9.17, 15) is 4.79 Å². The van der Waals surface area contributed by atoms with E-state index in [2.05, 4.69) is 24.3 Å². The molecule has 3 rings (SSSR count). The van der Waals surface area contributed by atoms with Crippen LogP contribution in [0.2, 0.25) is 0 Å². The largest absolute Gasteiger partial charge is 0.381 e. The predicted molar refractivity (Wildman–Crippen MR) is 97.8 cm³/mol. The summed E-state index contributed by atoms with van der Waals surface area (Å²) >= 11 is 0. The Morgan fingerprint density at radius 1 is 1.44 bits per heavy atom. The lowest BCUT2D eigenvalue weighted by atomic mass is 10.1. The Kier molecular flexibility index (Phi) is 5.37. The third-order valence-electron chi connectivity index (χ3n) is 4.43. The van der Waals surface area contributed by atoms with Crippen molar-refractivity contribution >= 4 is 16.9 Å². The Morgan fingerprint density at radius 3 is 2.88 bits per heavy atom. The first kappa shape index (κ1) is 17.9. The van der Waals surface area contributed by atoms with Crippen molar-refractivity contribution in [2.45, 2.75) is 46.0 Å². The molecule has 2 aromatic rings. The van der Waals surface area contributed by atoms with Gasteiger partial charge in [-0.1, -0.05) is 13.8 Å². The molecule has 0 bridgehead atoms. The lowest BCUT2D eigenvalue weighted by molar-refractivity contribution is 0.0926. The summed E-state index contributed by atoms with van der Waals surface area (Å²) < 4.78 is 7.33. The van der Waals surface area contributed by atoms with Crippen molar-refractivity contribution in [2.24, 2.45) is 13.0 Å². The molecule has 2 heterocycles. The van der Waals surface area contributed by atoms with E-state index in [0.29, 0.717) is 30.6 Å². The van der Waals surface area contributed by atoms with Crippen LogP contribution in [-0.2, 0) is 11.8 Å². The van der Waals surface area contributed by atoms with Crippen molar-refractivity contribution in [3.63, 3.8) is 0 Å². The number of rotatable bonds is 8. The van der Waals surface area contributed by atoms with Crippen LogP contribution in [0.5, 0.6) is 0 Å². The van der Waals surface area contributed by atoms with E-state index >= 15 is 0 Å². The first-order valence-corrected chi connectivity index (χ1v) is 9.17. The van der Waals surface area contributed by atoms with E-state index in [1.807, 2.05) is 20.0 Å². The van der Waals surface area contributed by atoms with Gasteiger partial charge in [-0.25, -0.2) is 4.98 Å². The number of aromatic nitrogens is 3. The number of nitrogens with one attached hydrogen (secondary N) is 1. The van der Waals surface area contributed by atoms with Gasteiger partial charge < -0.3 is 10.1 Å². The molecule has 1 amide bonds. The molecule has 0 radical (unpaired) electrons. The van der Waals surface area contributed by atoms with Crippen LogP contribution in [0.1, 0.15) is 60.8 Å². The molecule has 0 aliphatic heterocycles. The van der Waals surface area contributed by atoms with Crippen LogP contribution in [0, 0.1) is 12.8 Å². The summed E-state index contributed by atoms with van der Waals surface area (Å²) in [5, 5.41) is 8.33. The SMILES string of the molecule is Cc1nn(C)c2nc(C3CC3)cc(C(=O)NCCCOCC(C)C)c12. The molecule has 6 heteroatoms. The standard InChI is InChI=1S/C19H28N4O2/c1-12(2)11-25-9-5-8-20-19(24)15-10-16(14-6-7-14)21-18-17(15)13(3)22-23(18)4/h10,12,14H,5-9,11H2,1-4H3,(H,20,24). The molecule has 1 aliphatic carbocycles.